The molecule has 0 aliphatic heterocycles. The van der Waals surface area contributed by atoms with Gasteiger partial charge in [-0.2, -0.15) is 0 Å². The summed E-state index contributed by atoms with van der Waals surface area (Å²) < 4.78 is 23.7. The summed E-state index contributed by atoms with van der Waals surface area (Å²) in [7, 11) is -1.18. The highest BCUT2D eigenvalue weighted by molar-refractivity contribution is 7.91. The molecule has 3 nitrogen and oxygen atoms in total. The molecule has 0 saturated carbocycles. The third-order valence-electron chi connectivity index (χ3n) is 2.96. The first-order valence-electron chi connectivity index (χ1n) is 6.04. The predicted molar refractivity (Wildman–Crippen MR) is 77.4 cm³/mol. The van der Waals surface area contributed by atoms with E-state index in [1.165, 1.54) is 0 Å². The number of benzene rings is 1. The summed E-state index contributed by atoms with van der Waals surface area (Å²) in [6.45, 7) is 3.89. The monoisotopic (exact) mass is 289 g/mol. The first-order chi connectivity index (χ1) is 8.42. The topological polar surface area (TPSA) is 37.4 Å². The summed E-state index contributed by atoms with van der Waals surface area (Å²) in [5, 5.41) is 0. The number of nitrogens with zero attached hydrogens (tertiary/aromatic N) is 1. The second kappa shape index (κ2) is 6.43. The Kier molecular flexibility index (Phi) is 5.47. The maximum atomic E-state index is 11.9. The largest absolute Gasteiger partial charge is 0.371 e. The molecule has 102 valence electrons. The van der Waals surface area contributed by atoms with Crippen LogP contribution in [-0.4, -0.2) is 33.1 Å². The normalized spacial score (nSPS) is 13.3. The van der Waals surface area contributed by atoms with E-state index in [-0.39, 0.29) is 11.8 Å². The van der Waals surface area contributed by atoms with Crippen LogP contribution in [0.4, 0.5) is 5.69 Å². The first-order valence-corrected chi connectivity index (χ1v) is 8.22. The maximum Gasteiger partial charge on any atom is 0.178 e. The summed E-state index contributed by atoms with van der Waals surface area (Å²) in [5.41, 5.74) is 0.971. The predicted octanol–water partition coefficient (Wildman–Crippen LogP) is 2.93. The van der Waals surface area contributed by atoms with Crippen molar-refractivity contribution in [2.45, 2.75) is 31.2 Å². The fraction of sp³-hybridized carbons (Fsp3) is 0.538. The molecule has 1 rings (SSSR count). The minimum absolute atomic E-state index is 0.195. The van der Waals surface area contributed by atoms with Gasteiger partial charge in [0.05, 0.1) is 10.6 Å². The zero-order chi connectivity index (χ0) is 13.8. The quantitative estimate of drug-likeness (QED) is 0.756. The van der Waals surface area contributed by atoms with Crippen LogP contribution in [0.5, 0.6) is 0 Å². The van der Waals surface area contributed by atoms with E-state index in [1.807, 2.05) is 37.9 Å². The van der Waals surface area contributed by atoms with Crippen LogP contribution in [0.1, 0.15) is 20.3 Å². The second-order valence-corrected chi connectivity index (χ2v) is 6.84. The molecule has 18 heavy (non-hydrogen) atoms. The van der Waals surface area contributed by atoms with Crippen LogP contribution in [-0.2, 0) is 9.84 Å². The number of hydrogen-bond acceptors (Lipinski definition) is 3. The molecule has 0 N–H and O–H groups in total. The lowest BCUT2D eigenvalue weighted by Gasteiger charge is -2.25. The van der Waals surface area contributed by atoms with Gasteiger partial charge in [-0.1, -0.05) is 6.92 Å². The molecule has 1 atom stereocenters. The van der Waals surface area contributed by atoms with Crippen LogP contribution in [0.2, 0.25) is 0 Å². The molecule has 1 unspecified atom stereocenters. The van der Waals surface area contributed by atoms with Gasteiger partial charge >= 0.3 is 0 Å². The van der Waals surface area contributed by atoms with Gasteiger partial charge in [0.15, 0.2) is 9.84 Å². The summed E-state index contributed by atoms with van der Waals surface area (Å²) in [6, 6.07) is 7.19. The van der Waals surface area contributed by atoms with Crippen molar-refractivity contribution < 1.29 is 8.42 Å². The van der Waals surface area contributed by atoms with E-state index in [9.17, 15) is 8.42 Å². The molecule has 1 aromatic carbocycles. The summed E-state index contributed by atoms with van der Waals surface area (Å²) in [4.78, 5) is 2.42. The van der Waals surface area contributed by atoms with Crippen LogP contribution in [0.3, 0.4) is 0 Å². The highest BCUT2D eigenvalue weighted by atomic mass is 35.5. The van der Waals surface area contributed by atoms with E-state index in [4.69, 9.17) is 11.6 Å². The van der Waals surface area contributed by atoms with Gasteiger partial charge in [0.1, 0.15) is 0 Å². The average molecular weight is 290 g/mol. The Morgan fingerprint density at radius 2 is 1.83 bits per heavy atom. The maximum absolute atomic E-state index is 11.9. The Bertz CT molecular complexity index is 470. The summed E-state index contributed by atoms with van der Waals surface area (Å²) >= 11 is 5.80. The number of halogens is 1. The first kappa shape index (κ1) is 15.3. The smallest absolute Gasteiger partial charge is 0.178 e. The van der Waals surface area contributed by atoms with Gasteiger partial charge in [0.25, 0.3) is 0 Å². The molecular formula is C13H20ClNO2S. The Labute approximate surface area is 115 Å². The Hall–Kier alpha value is -0.740. The molecule has 1 aromatic rings. The van der Waals surface area contributed by atoms with Crippen molar-refractivity contribution in [3.05, 3.63) is 24.3 Å². The summed E-state index contributed by atoms with van der Waals surface area (Å²) in [5.74, 6) is 0.729. The van der Waals surface area contributed by atoms with E-state index in [2.05, 4.69) is 0 Å². The van der Waals surface area contributed by atoms with Crippen molar-refractivity contribution in [2.75, 3.05) is 23.6 Å². The molecule has 0 aliphatic rings. The summed E-state index contributed by atoms with van der Waals surface area (Å²) in [6.07, 6.45) is 0.632. The highest BCUT2D eigenvalue weighted by Crippen LogP contribution is 2.20. The molecule has 0 spiro atoms. The molecule has 0 aromatic heterocycles. The molecule has 0 aliphatic carbocycles. The lowest BCUT2D eigenvalue weighted by molar-refractivity contribution is 0.594. The van der Waals surface area contributed by atoms with Crippen molar-refractivity contribution in [1.82, 2.24) is 0 Å². The number of hydrogen-bond donors (Lipinski definition) is 0. The Balaban J connectivity index is 2.93. The van der Waals surface area contributed by atoms with Gasteiger partial charge in [-0.05, 0) is 37.6 Å². The highest BCUT2D eigenvalue weighted by Gasteiger charge is 2.14. The molecule has 0 radical (unpaired) electrons. The van der Waals surface area contributed by atoms with E-state index in [0.717, 1.165) is 5.69 Å². The third kappa shape index (κ3) is 3.62. The third-order valence-corrected chi connectivity index (χ3v) is 5.34. The van der Waals surface area contributed by atoms with Gasteiger partial charge in [-0.15, -0.1) is 11.6 Å². The fourth-order valence-electron chi connectivity index (χ4n) is 1.63. The second-order valence-electron chi connectivity index (χ2n) is 4.43. The van der Waals surface area contributed by atoms with Crippen LogP contribution >= 0.6 is 11.6 Å². The molecule has 0 fully saturated rings. The van der Waals surface area contributed by atoms with E-state index in [1.54, 1.807) is 12.1 Å². The average Bonchev–Trinajstić information content (AvgIpc) is 2.37. The Morgan fingerprint density at radius 3 is 2.28 bits per heavy atom. The number of alkyl halides is 1. The molecule has 5 heteroatoms. The van der Waals surface area contributed by atoms with Gasteiger partial charge in [-0.3, -0.25) is 0 Å². The van der Waals surface area contributed by atoms with Crippen molar-refractivity contribution in [1.29, 1.82) is 0 Å². The van der Waals surface area contributed by atoms with Gasteiger partial charge in [0, 0.05) is 24.7 Å². The van der Waals surface area contributed by atoms with Crippen LogP contribution in [0, 0.1) is 0 Å². The molecule has 0 amide bonds. The van der Waals surface area contributed by atoms with E-state index < -0.39 is 9.84 Å². The molecule has 0 saturated heterocycles. The van der Waals surface area contributed by atoms with Crippen LogP contribution in [0.15, 0.2) is 29.2 Å². The SMILES string of the molecule is CCCS(=O)(=O)c1ccc(N(C)C(C)CCl)cc1. The van der Waals surface area contributed by atoms with Crippen molar-refractivity contribution in [3.8, 4) is 0 Å². The van der Waals surface area contributed by atoms with Crippen LogP contribution < -0.4 is 4.90 Å². The van der Waals surface area contributed by atoms with Gasteiger partial charge in [-0.25, -0.2) is 8.42 Å². The molecule has 0 heterocycles. The standard InChI is InChI=1S/C13H20ClNO2S/c1-4-9-18(16,17)13-7-5-12(6-8-13)15(3)11(2)10-14/h5-8,11H,4,9-10H2,1-3H3. The minimum Gasteiger partial charge on any atom is -0.371 e. The lowest BCUT2D eigenvalue weighted by atomic mass is 10.2. The van der Waals surface area contributed by atoms with E-state index in [0.29, 0.717) is 17.2 Å². The molecular weight excluding hydrogens is 270 g/mol. The van der Waals surface area contributed by atoms with Crippen LogP contribution in [0.25, 0.3) is 0 Å². The molecule has 0 bridgehead atoms. The van der Waals surface area contributed by atoms with Crippen molar-refractivity contribution in [3.63, 3.8) is 0 Å². The van der Waals surface area contributed by atoms with Crippen molar-refractivity contribution in [2.24, 2.45) is 0 Å². The van der Waals surface area contributed by atoms with Gasteiger partial charge < -0.3 is 4.90 Å². The zero-order valence-corrected chi connectivity index (χ0v) is 12.6. The number of anilines is 1. The lowest BCUT2D eigenvalue weighted by Crippen LogP contribution is -2.30. The minimum atomic E-state index is -3.12. The fourth-order valence-corrected chi connectivity index (χ4v) is 3.16. The number of rotatable bonds is 6. The number of sulfone groups is 1. The van der Waals surface area contributed by atoms with Crippen molar-refractivity contribution >= 4 is 27.1 Å². The zero-order valence-electron chi connectivity index (χ0n) is 11.1. The van der Waals surface area contributed by atoms with E-state index >= 15 is 0 Å². The Morgan fingerprint density at radius 1 is 1.28 bits per heavy atom. The van der Waals surface area contributed by atoms with Gasteiger partial charge in [0.2, 0.25) is 0 Å².